The van der Waals surface area contributed by atoms with E-state index in [2.05, 4.69) is 32.6 Å². The van der Waals surface area contributed by atoms with E-state index in [1.165, 1.54) is 0 Å². The second kappa shape index (κ2) is 12.7. The van der Waals surface area contributed by atoms with Crippen LogP contribution in [-0.4, -0.2) is 65.6 Å². The van der Waals surface area contributed by atoms with Gasteiger partial charge in [-0.2, -0.15) is 0 Å². The lowest BCUT2D eigenvalue weighted by atomic mass is 9.91. The highest BCUT2D eigenvalue weighted by atomic mass is 28.4. The fourth-order valence-electron chi connectivity index (χ4n) is 4.53. The molecule has 0 spiro atoms. The fourth-order valence-corrected chi connectivity index (χ4v) is 7.41. The number of hydrogen-bond donors (Lipinski definition) is 0. The van der Waals surface area contributed by atoms with Crippen LogP contribution in [0.2, 0.25) is 18.1 Å². The second-order valence-electron chi connectivity index (χ2n) is 9.22. The van der Waals surface area contributed by atoms with Crippen molar-refractivity contribution in [2.24, 2.45) is 5.92 Å². The highest BCUT2D eigenvalue weighted by Gasteiger charge is 2.45. The topological polar surface area (TPSA) is 55.4 Å². The largest absolute Gasteiger partial charge is 0.409 e. The molecule has 0 unspecified atom stereocenters. The van der Waals surface area contributed by atoms with Gasteiger partial charge in [0.05, 0.1) is 37.6 Å². The van der Waals surface area contributed by atoms with Crippen molar-refractivity contribution in [1.82, 2.24) is 0 Å². The molecular formula is C24H44O6Si. The first-order valence-corrected chi connectivity index (χ1v) is 14.5. The minimum Gasteiger partial charge on any atom is -0.409 e. The normalized spacial score (nSPS) is 29.4. The molecule has 0 bridgehead atoms. The molecule has 0 N–H and O–H groups in total. The summed E-state index contributed by atoms with van der Waals surface area (Å²) < 4.78 is 36.7. The maximum atomic E-state index is 6.93. The van der Waals surface area contributed by atoms with Gasteiger partial charge in [-0.3, -0.25) is 0 Å². The number of rotatable bonds is 11. The van der Waals surface area contributed by atoms with Gasteiger partial charge < -0.3 is 28.1 Å². The first kappa shape index (κ1) is 26.8. The van der Waals surface area contributed by atoms with Gasteiger partial charge in [0, 0.05) is 25.9 Å². The van der Waals surface area contributed by atoms with Gasteiger partial charge >= 0.3 is 0 Å². The first-order chi connectivity index (χ1) is 14.8. The lowest BCUT2D eigenvalue weighted by Crippen LogP contribution is -2.56. The zero-order valence-electron chi connectivity index (χ0n) is 20.7. The van der Waals surface area contributed by atoms with E-state index in [9.17, 15) is 0 Å². The van der Waals surface area contributed by atoms with Crippen molar-refractivity contribution in [3.8, 4) is 11.8 Å². The molecule has 6 nitrogen and oxygen atoms in total. The maximum Gasteiger partial charge on any atom is 0.192 e. The molecule has 2 fully saturated rings. The van der Waals surface area contributed by atoms with Crippen molar-refractivity contribution in [3.63, 3.8) is 0 Å². The van der Waals surface area contributed by atoms with Gasteiger partial charge in [-0.15, -0.1) is 11.8 Å². The van der Waals surface area contributed by atoms with E-state index >= 15 is 0 Å². The molecule has 0 radical (unpaired) electrons. The van der Waals surface area contributed by atoms with Crippen LogP contribution in [0.5, 0.6) is 0 Å². The third kappa shape index (κ3) is 7.81. The molecule has 0 aliphatic carbocycles. The lowest BCUT2D eigenvalue weighted by Gasteiger charge is -2.46. The summed E-state index contributed by atoms with van der Waals surface area (Å²) in [4.78, 5) is 0. The summed E-state index contributed by atoms with van der Waals surface area (Å²) >= 11 is 0. The number of ether oxygens (including phenoxy) is 5. The fraction of sp³-hybridized carbons (Fsp3) is 0.917. The van der Waals surface area contributed by atoms with E-state index < -0.39 is 14.1 Å². The molecule has 180 valence electrons. The molecule has 2 aliphatic rings. The average Bonchev–Trinajstić information content (AvgIpc) is 2.77. The molecule has 2 saturated heterocycles. The standard InChI is InChI=1S/C24H44O6Si/c1-8-12-13-21-23(30-31(9-2,10-3)11-4)22(26-18-25-7)15-20(29-21)14-19-16-27-24(5,6)28-17-19/h19-23H,9-11,13-18H2,1-7H3/t20-,21-,22+,23-/m1/s1. The molecule has 0 saturated carbocycles. The summed E-state index contributed by atoms with van der Waals surface area (Å²) in [6.07, 6.45) is 2.08. The SMILES string of the molecule is CC#CC[C@H]1O[C@H](CC2COC(C)(C)OC2)C[C@H](OCOC)[C@@H]1O[Si](CC)(CC)CC. The molecule has 0 aromatic rings. The van der Waals surface area contributed by atoms with Crippen LogP contribution < -0.4 is 0 Å². The summed E-state index contributed by atoms with van der Waals surface area (Å²) in [5.74, 6) is 6.06. The van der Waals surface area contributed by atoms with Crippen molar-refractivity contribution < 1.29 is 28.1 Å². The first-order valence-electron chi connectivity index (χ1n) is 11.9. The van der Waals surface area contributed by atoms with Crippen molar-refractivity contribution in [2.45, 2.75) is 109 Å². The Hall–Kier alpha value is -0.463. The highest BCUT2D eigenvalue weighted by Crippen LogP contribution is 2.35. The van der Waals surface area contributed by atoms with Crippen LogP contribution in [-0.2, 0) is 28.1 Å². The minimum absolute atomic E-state index is 0.0599. The van der Waals surface area contributed by atoms with Gasteiger partial charge in [-0.25, -0.2) is 0 Å². The van der Waals surface area contributed by atoms with Crippen LogP contribution in [0.25, 0.3) is 0 Å². The maximum absolute atomic E-state index is 6.93. The predicted molar refractivity (Wildman–Crippen MR) is 124 cm³/mol. The molecule has 2 heterocycles. The third-order valence-corrected chi connectivity index (χ3v) is 11.4. The zero-order valence-corrected chi connectivity index (χ0v) is 21.7. The van der Waals surface area contributed by atoms with E-state index in [1.807, 2.05) is 20.8 Å². The highest BCUT2D eigenvalue weighted by molar-refractivity contribution is 6.73. The van der Waals surface area contributed by atoms with E-state index in [4.69, 9.17) is 28.1 Å². The molecule has 0 aromatic carbocycles. The molecule has 2 rings (SSSR count). The summed E-state index contributed by atoms with van der Waals surface area (Å²) in [7, 11) is -0.175. The smallest absolute Gasteiger partial charge is 0.192 e. The minimum atomic E-state index is -1.84. The van der Waals surface area contributed by atoms with Crippen LogP contribution in [0.1, 0.15) is 60.8 Å². The number of methoxy groups -OCH3 is 1. The van der Waals surface area contributed by atoms with Gasteiger partial charge in [0.25, 0.3) is 0 Å². The summed E-state index contributed by atoms with van der Waals surface area (Å²) in [5, 5.41) is 0. The molecule has 7 heteroatoms. The third-order valence-electron chi connectivity index (χ3n) is 6.72. The Labute approximate surface area is 190 Å². The van der Waals surface area contributed by atoms with Gasteiger partial charge in [0.15, 0.2) is 14.1 Å². The van der Waals surface area contributed by atoms with E-state index in [-0.39, 0.29) is 31.2 Å². The Bertz CT molecular complexity index is 564. The van der Waals surface area contributed by atoms with Crippen molar-refractivity contribution in [3.05, 3.63) is 0 Å². The van der Waals surface area contributed by atoms with E-state index in [0.29, 0.717) is 25.6 Å². The van der Waals surface area contributed by atoms with Crippen molar-refractivity contribution in [2.75, 3.05) is 27.1 Å². The molecule has 31 heavy (non-hydrogen) atoms. The Balaban J connectivity index is 2.16. The molecular weight excluding hydrogens is 412 g/mol. The molecule has 0 aromatic heterocycles. The summed E-state index contributed by atoms with van der Waals surface area (Å²) in [5.41, 5.74) is 0. The number of hydrogen-bond acceptors (Lipinski definition) is 6. The van der Waals surface area contributed by atoms with Crippen molar-refractivity contribution >= 4 is 8.32 Å². The van der Waals surface area contributed by atoms with Crippen LogP contribution in [0.3, 0.4) is 0 Å². The summed E-state index contributed by atoms with van der Waals surface area (Å²) in [6.45, 7) is 14.2. The summed E-state index contributed by atoms with van der Waals surface area (Å²) in [6, 6.07) is 3.28. The Morgan fingerprint density at radius 2 is 1.71 bits per heavy atom. The van der Waals surface area contributed by atoms with E-state index in [1.54, 1.807) is 7.11 Å². The Morgan fingerprint density at radius 1 is 1.06 bits per heavy atom. The van der Waals surface area contributed by atoms with Gasteiger partial charge in [-0.1, -0.05) is 20.8 Å². The van der Waals surface area contributed by atoms with Crippen LogP contribution >= 0.6 is 0 Å². The molecule has 2 aliphatic heterocycles. The average molecular weight is 457 g/mol. The van der Waals surface area contributed by atoms with Crippen molar-refractivity contribution in [1.29, 1.82) is 0 Å². The predicted octanol–water partition coefficient (Wildman–Crippen LogP) is 4.73. The monoisotopic (exact) mass is 456 g/mol. The Kier molecular flexibility index (Phi) is 11.0. The van der Waals surface area contributed by atoms with Gasteiger partial charge in [-0.05, 0) is 45.3 Å². The quantitative estimate of drug-likeness (QED) is 0.255. The Morgan fingerprint density at radius 3 is 2.26 bits per heavy atom. The second-order valence-corrected chi connectivity index (χ2v) is 13.9. The van der Waals surface area contributed by atoms with Gasteiger partial charge in [0.2, 0.25) is 0 Å². The van der Waals surface area contributed by atoms with Gasteiger partial charge in [0.1, 0.15) is 6.79 Å². The van der Waals surface area contributed by atoms with E-state index in [0.717, 1.165) is 31.0 Å². The van der Waals surface area contributed by atoms with Crippen LogP contribution in [0.15, 0.2) is 0 Å². The van der Waals surface area contributed by atoms with Crippen LogP contribution in [0.4, 0.5) is 0 Å². The lowest BCUT2D eigenvalue weighted by molar-refractivity contribution is -0.268. The van der Waals surface area contributed by atoms with Crippen LogP contribution in [0, 0.1) is 17.8 Å². The zero-order chi connectivity index (χ0) is 22.9. The molecule has 0 amide bonds. The molecule has 4 atom stereocenters.